The first-order valence-electron chi connectivity index (χ1n) is 9.07. The Morgan fingerprint density at radius 3 is 2.75 bits per heavy atom. The fourth-order valence-corrected chi connectivity index (χ4v) is 3.53. The standard InChI is InChI=1S/C21H20N2O5/c1-12-20(14-6-4-3-5-7-14)28-21(26)23(12)19(25)11-17(24)15-8-9-18-16(10-15)22-13(2)27-18/h3-10,12,17,20,24H,11H2,1-2H3/t12-,17?,20-/m0/s1. The van der Waals surface area contributed by atoms with E-state index in [0.717, 1.165) is 10.5 Å². The zero-order chi connectivity index (χ0) is 19.8. The van der Waals surface area contributed by atoms with E-state index in [0.29, 0.717) is 22.6 Å². The maximum atomic E-state index is 12.7. The van der Waals surface area contributed by atoms with E-state index >= 15 is 0 Å². The third kappa shape index (κ3) is 3.25. The van der Waals surface area contributed by atoms with Crippen molar-refractivity contribution in [1.82, 2.24) is 9.88 Å². The van der Waals surface area contributed by atoms with Crippen LogP contribution < -0.4 is 0 Å². The first kappa shape index (κ1) is 18.2. The smallest absolute Gasteiger partial charge is 0.417 e. The van der Waals surface area contributed by atoms with Crippen LogP contribution >= 0.6 is 0 Å². The second-order valence-electron chi connectivity index (χ2n) is 6.90. The molecular formula is C21H20N2O5. The minimum atomic E-state index is -1.07. The lowest BCUT2D eigenvalue weighted by atomic mass is 10.0. The lowest BCUT2D eigenvalue weighted by Gasteiger charge is -2.20. The van der Waals surface area contributed by atoms with Crippen molar-refractivity contribution in [1.29, 1.82) is 0 Å². The number of nitrogens with zero attached hydrogens (tertiary/aromatic N) is 2. The molecule has 0 aliphatic carbocycles. The molecule has 2 amide bonds. The van der Waals surface area contributed by atoms with E-state index in [2.05, 4.69) is 4.98 Å². The first-order valence-corrected chi connectivity index (χ1v) is 9.07. The van der Waals surface area contributed by atoms with Gasteiger partial charge in [0.2, 0.25) is 5.91 Å². The van der Waals surface area contributed by atoms with Gasteiger partial charge in [0.05, 0.1) is 18.6 Å². The minimum Gasteiger partial charge on any atom is -0.441 e. The molecule has 0 spiro atoms. The van der Waals surface area contributed by atoms with E-state index in [1.54, 1.807) is 32.0 Å². The number of cyclic esters (lactones) is 1. The van der Waals surface area contributed by atoms with Gasteiger partial charge in [-0.3, -0.25) is 4.79 Å². The van der Waals surface area contributed by atoms with Crippen molar-refractivity contribution < 1.29 is 23.8 Å². The van der Waals surface area contributed by atoms with Crippen LogP contribution in [0.1, 0.15) is 42.6 Å². The van der Waals surface area contributed by atoms with Crippen molar-refractivity contribution in [3.63, 3.8) is 0 Å². The molecule has 0 radical (unpaired) electrons. The molecule has 0 saturated carbocycles. The Bertz CT molecular complexity index is 1030. The third-order valence-corrected chi connectivity index (χ3v) is 4.94. The fraction of sp³-hybridized carbons (Fsp3) is 0.286. The zero-order valence-corrected chi connectivity index (χ0v) is 15.5. The number of benzene rings is 2. The molecule has 1 unspecified atom stereocenters. The molecule has 1 fully saturated rings. The van der Waals surface area contributed by atoms with Gasteiger partial charge in [-0.2, -0.15) is 0 Å². The molecule has 4 rings (SSSR count). The highest BCUT2D eigenvalue weighted by Crippen LogP contribution is 2.33. The molecule has 3 aromatic rings. The minimum absolute atomic E-state index is 0.233. The molecule has 1 saturated heterocycles. The van der Waals surface area contributed by atoms with Crippen molar-refractivity contribution in [3.05, 3.63) is 65.5 Å². The summed E-state index contributed by atoms with van der Waals surface area (Å²) in [6, 6.07) is 13.9. The van der Waals surface area contributed by atoms with Crippen molar-refractivity contribution in [2.24, 2.45) is 0 Å². The van der Waals surface area contributed by atoms with Crippen LogP contribution in [-0.2, 0) is 9.53 Å². The SMILES string of the molecule is Cc1nc2cc(C(O)CC(=O)N3C(=O)O[C@H](c4ccccc4)[C@@H]3C)ccc2o1. The molecule has 2 heterocycles. The number of aliphatic hydroxyl groups is 1. The third-order valence-electron chi connectivity index (χ3n) is 4.94. The number of amides is 2. The summed E-state index contributed by atoms with van der Waals surface area (Å²) >= 11 is 0. The lowest BCUT2D eigenvalue weighted by Crippen LogP contribution is -2.38. The quantitative estimate of drug-likeness (QED) is 0.742. The van der Waals surface area contributed by atoms with Crippen LogP contribution in [0.5, 0.6) is 0 Å². The summed E-state index contributed by atoms with van der Waals surface area (Å²) in [6.07, 6.45) is -2.52. The van der Waals surface area contributed by atoms with Gasteiger partial charge in [0, 0.05) is 6.92 Å². The van der Waals surface area contributed by atoms with Crippen molar-refractivity contribution in [2.45, 2.75) is 38.5 Å². The molecule has 1 aliphatic rings. The maximum Gasteiger partial charge on any atom is 0.417 e. The number of hydrogen-bond acceptors (Lipinski definition) is 6. The van der Waals surface area contributed by atoms with Crippen LogP contribution in [0.2, 0.25) is 0 Å². The van der Waals surface area contributed by atoms with Crippen LogP contribution in [0, 0.1) is 6.92 Å². The molecule has 1 aromatic heterocycles. The summed E-state index contributed by atoms with van der Waals surface area (Å²) in [4.78, 5) is 30.3. The van der Waals surface area contributed by atoms with Gasteiger partial charge in [-0.15, -0.1) is 0 Å². The summed E-state index contributed by atoms with van der Waals surface area (Å²) in [5, 5.41) is 10.5. The van der Waals surface area contributed by atoms with Gasteiger partial charge in [0.25, 0.3) is 0 Å². The van der Waals surface area contributed by atoms with E-state index in [1.807, 2.05) is 30.3 Å². The van der Waals surface area contributed by atoms with Crippen LogP contribution in [0.3, 0.4) is 0 Å². The van der Waals surface area contributed by atoms with Crippen molar-refractivity contribution >= 4 is 23.1 Å². The van der Waals surface area contributed by atoms with Crippen molar-refractivity contribution in [2.75, 3.05) is 0 Å². The molecule has 2 aromatic carbocycles. The average Bonchev–Trinajstić information content (AvgIpc) is 3.19. The fourth-order valence-electron chi connectivity index (χ4n) is 3.53. The molecule has 28 heavy (non-hydrogen) atoms. The molecular weight excluding hydrogens is 360 g/mol. The first-order chi connectivity index (χ1) is 13.4. The summed E-state index contributed by atoms with van der Waals surface area (Å²) in [6.45, 7) is 3.50. The molecule has 144 valence electrons. The molecule has 1 aliphatic heterocycles. The summed E-state index contributed by atoms with van der Waals surface area (Å²) < 4.78 is 10.8. The van der Waals surface area contributed by atoms with Gasteiger partial charge < -0.3 is 14.3 Å². The van der Waals surface area contributed by atoms with Gasteiger partial charge in [0.1, 0.15) is 11.6 Å². The maximum absolute atomic E-state index is 12.7. The Morgan fingerprint density at radius 2 is 2.00 bits per heavy atom. The Labute approximate surface area is 161 Å². The summed E-state index contributed by atoms with van der Waals surface area (Å²) in [5.74, 6) is 0.0400. The number of imide groups is 1. The van der Waals surface area contributed by atoms with Crippen LogP contribution in [0.25, 0.3) is 11.1 Å². The number of hydrogen-bond donors (Lipinski definition) is 1. The predicted octanol–water partition coefficient (Wildman–Crippen LogP) is 3.67. The Kier molecular flexibility index (Phi) is 4.60. The molecule has 0 bridgehead atoms. The van der Waals surface area contributed by atoms with Crippen LogP contribution in [-0.4, -0.2) is 33.0 Å². The van der Waals surface area contributed by atoms with Gasteiger partial charge in [-0.1, -0.05) is 36.4 Å². The number of rotatable bonds is 4. The number of ether oxygens (including phenoxy) is 1. The average molecular weight is 380 g/mol. The van der Waals surface area contributed by atoms with E-state index in [4.69, 9.17) is 9.15 Å². The summed E-state index contributed by atoms with van der Waals surface area (Å²) in [5.41, 5.74) is 2.59. The highest BCUT2D eigenvalue weighted by atomic mass is 16.6. The van der Waals surface area contributed by atoms with Gasteiger partial charge >= 0.3 is 6.09 Å². The topological polar surface area (TPSA) is 92.9 Å². The van der Waals surface area contributed by atoms with E-state index in [-0.39, 0.29) is 6.42 Å². The number of aromatic nitrogens is 1. The van der Waals surface area contributed by atoms with E-state index in [9.17, 15) is 14.7 Å². The lowest BCUT2D eigenvalue weighted by molar-refractivity contribution is -0.131. The van der Waals surface area contributed by atoms with Gasteiger partial charge in [-0.25, -0.2) is 14.7 Å². The second-order valence-corrected chi connectivity index (χ2v) is 6.90. The summed E-state index contributed by atoms with van der Waals surface area (Å²) in [7, 11) is 0. The number of aliphatic hydroxyl groups excluding tert-OH is 1. The monoisotopic (exact) mass is 380 g/mol. The number of carbonyl (C=O) groups is 2. The van der Waals surface area contributed by atoms with Gasteiger partial charge in [-0.05, 0) is 30.2 Å². The number of oxazole rings is 1. The normalized spacial score (nSPS) is 20.4. The molecule has 7 nitrogen and oxygen atoms in total. The van der Waals surface area contributed by atoms with E-state index in [1.165, 1.54) is 0 Å². The Hall–Kier alpha value is -3.19. The number of fused-ring (bicyclic) bond motifs is 1. The second kappa shape index (κ2) is 7.09. The number of carbonyl (C=O) groups excluding carboxylic acids is 2. The zero-order valence-electron chi connectivity index (χ0n) is 15.5. The Balaban J connectivity index is 1.49. The molecule has 3 atom stereocenters. The van der Waals surface area contributed by atoms with Crippen LogP contribution in [0.4, 0.5) is 4.79 Å². The van der Waals surface area contributed by atoms with E-state index < -0.39 is 30.3 Å². The predicted molar refractivity (Wildman–Crippen MR) is 100 cm³/mol. The largest absolute Gasteiger partial charge is 0.441 e. The van der Waals surface area contributed by atoms with Crippen LogP contribution in [0.15, 0.2) is 52.9 Å². The number of aryl methyl sites for hydroxylation is 1. The molecule has 7 heteroatoms. The highest BCUT2D eigenvalue weighted by molar-refractivity contribution is 5.94. The van der Waals surface area contributed by atoms with Crippen molar-refractivity contribution in [3.8, 4) is 0 Å². The van der Waals surface area contributed by atoms with Gasteiger partial charge in [0.15, 0.2) is 11.5 Å². The Morgan fingerprint density at radius 1 is 1.25 bits per heavy atom. The highest BCUT2D eigenvalue weighted by Gasteiger charge is 2.43. The molecule has 1 N–H and O–H groups in total.